The van der Waals surface area contributed by atoms with E-state index in [4.69, 9.17) is 54.3 Å². The van der Waals surface area contributed by atoms with Crippen molar-refractivity contribution in [1.29, 1.82) is 0 Å². The molecule has 5 aliphatic rings. The minimum atomic E-state index is -1.92. The highest BCUT2D eigenvalue weighted by atomic mass is 35.5. The van der Waals surface area contributed by atoms with Gasteiger partial charge >= 0.3 is 24.1 Å². The van der Waals surface area contributed by atoms with E-state index in [0.717, 1.165) is 20.9 Å². The average molecular weight is 1140 g/mol. The molecule has 78 heavy (non-hydrogen) atoms. The molecule has 0 saturated carbocycles. The summed E-state index contributed by atoms with van der Waals surface area (Å²) in [5.74, 6) is -5.42. The fourth-order valence-electron chi connectivity index (χ4n) is 9.04. The summed E-state index contributed by atoms with van der Waals surface area (Å²) in [6.45, 7) is 6.26. The SMILES string of the molecule is COc1cc2cc(c1Cl)N(C)C(=O)C[C@H](OC(=O)[C@H](C)N(C)C(=O)CCSC(=O)NC(CN(C)C(=O)OC1/C=C/COCOC1)C(=O)ON1C(=O)CCC1=O)[C@]1(C)O[C@H]1[C@H](C)[C@@H]1C[C@@](O)(NC(=O)O1)[C@H](OC)/C=C/C=C(\C)C2. The number of hydrogen-bond donors (Lipinski definition) is 3. The molecule has 5 heterocycles. The van der Waals surface area contributed by atoms with Gasteiger partial charge in [0.2, 0.25) is 11.8 Å². The van der Waals surface area contributed by atoms with Crippen molar-refractivity contribution in [2.75, 3.05) is 72.6 Å². The van der Waals surface area contributed by atoms with Gasteiger partial charge in [-0.2, -0.15) is 0 Å². The lowest BCUT2D eigenvalue weighted by Crippen LogP contribution is -2.63. The summed E-state index contributed by atoms with van der Waals surface area (Å²) in [6, 6.07) is 0.567. The molecule has 4 bridgehead atoms. The van der Waals surface area contributed by atoms with Gasteiger partial charge in [0.15, 0.2) is 5.72 Å². The number of nitrogens with zero attached hydrogens (tertiary/aromatic N) is 4. The van der Waals surface area contributed by atoms with E-state index in [2.05, 4.69) is 10.6 Å². The molecule has 0 radical (unpaired) electrons. The van der Waals surface area contributed by atoms with Crippen LogP contribution in [0.2, 0.25) is 5.02 Å². The van der Waals surface area contributed by atoms with Crippen LogP contribution in [0, 0.1) is 5.92 Å². The van der Waals surface area contributed by atoms with Crippen molar-refractivity contribution in [3.8, 4) is 5.75 Å². The molecule has 0 aromatic heterocycles. The topological polar surface area (TPSA) is 297 Å². The van der Waals surface area contributed by atoms with Gasteiger partial charge in [-0.15, -0.1) is 5.06 Å². The number of fused-ring (bicyclic) bond motifs is 5. The minimum absolute atomic E-state index is 0.0291. The van der Waals surface area contributed by atoms with Gasteiger partial charge in [0.05, 0.1) is 45.1 Å². The monoisotopic (exact) mass is 1130 g/mol. The molecule has 7 amide bonds. The summed E-state index contributed by atoms with van der Waals surface area (Å²) in [5, 5.41) is 16.3. The van der Waals surface area contributed by atoms with E-state index in [1.807, 2.05) is 13.0 Å². The Bertz CT molecular complexity index is 2550. The number of likely N-dealkylation sites (N-methyl/N-ethyl adjacent to an activating group) is 2. The van der Waals surface area contributed by atoms with Crippen LogP contribution in [0.3, 0.4) is 0 Å². The fraction of sp³-hybridized carbons (Fsp3) is 0.588. The summed E-state index contributed by atoms with van der Waals surface area (Å²) in [7, 11) is 6.96. The lowest BCUT2D eigenvalue weighted by Gasteiger charge is -2.42. The number of carbonyl (C=O) groups excluding carboxylic acids is 9. The van der Waals surface area contributed by atoms with Gasteiger partial charge in [0, 0.05) is 65.6 Å². The van der Waals surface area contributed by atoms with Gasteiger partial charge in [-0.3, -0.25) is 29.3 Å². The Morgan fingerprint density at radius 1 is 1.03 bits per heavy atom. The first-order valence-corrected chi connectivity index (χ1v) is 26.4. The molecule has 1 aromatic rings. The molecular formula is C51H67ClN6O19S. The Balaban J connectivity index is 1.15. The predicted molar refractivity (Wildman–Crippen MR) is 276 cm³/mol. The number of hydrogen-bond acceptors (Lipinski definition) is 20. The maximum atomic E-state index is 14.4. The molecule has 3 saturated heterocycles. The Hall–Kier alpha value is -6.29. The third-order valence-corrected chi connectivity index (χ3v) is 15.0. The van der Waals surface area contributed by atoms with E-state index < -0.39 is 126 Å². The van der Waals surface area contributed by atoms with Gasteiger partial charge in [-0.1, -0.05) is 60.2 Å². The van der Waals surface area contributed by atoms with Crippen LogP contribution in [0.1, 0.15) is 65.4 Å². The zero-order valence-corrected chi connectivity index (χ0v) is 46.4. The molecule has 27 heteroatoms. The number of esters is 1. The summed E-state index contributed by atoms with van der Waals surface area (Å²) >= 11 is 7.39. The summed E-state index contributed by atoms with van der Waals surface area (Å²) < 4.78 is 45.2. The van der Waals surface area contributed by atoms with Gasteiger partial charge in [0.1, 0.15) is 59.7 Å². The molecule has 0 spiro atoms. The van der Waals surface area contributed by atoms with Gasteiger partial charge in [-0.05, 0) is 51.0 Å². The number of amides is 7. The molecule has 25 nitrogen and oxygen atoms in total. The van der Waals surface area contributed by atoms with E-state index in [9.17, 15) is 48.3 Å². The number of benzene rings is 1. The highest BCUT2D eigenvalue weighted by molar-refractivity contribution is 8.13. The van der Waals surface area contributed by atoms with E-state index in [1.165, 1.54) is 47.2 Å². The lowest BCUT2D eigenvalue weighted by molar-refractivity contribution is -0.199. The molecule has 10 atom stereocenters. The van der Waals surface area contributed by atoms with E-state index in [1.54, 1.807) is 50.3 Å². The average Bonchev–Trinajstić information content (AvgIpc) is 4.14. The Kier molecular flexibility index (Phi) is 20.8. The first-order chi connectivity index (χ1) is 36.9. The van der Waals surface area contributed by atoms with Crippen LogP contribution >= 0.6 is 23.4 Å². The second kappa shape index (κ2) is 26.6. The number of nitrogens with one attached hydrogen (secondary N) is 2. The lowest BCUT2D eigenvalue weighted by atomic mass is 9.83. The number of imide groups is 1. The Labute approximate surface area is 460 Å². The van der Waals surface area contributed by atoms with Gasteiger partial charge in [-0.25, -0.2) is 19.2 Å². The number of rotatable bonds is 14. The van der Waals surface area contributed by atoms with Crippen LogP contribution in [-0.2, 0) is 73.2 Å². The number of alkyl carbamates (subject to hydrolysis) is 1. The number of carbonyl (C=O) groups is 9. The highest BCUT2D eigenvalue weighted by Gasteiger charge is 2.64. The van der Waals surface area contributed by atoms with E-state index >= 15 is 0 Å². The number of anilines is 1. The highest BCUT2D eigenvalue weighted by Crippen LogP contribution is 2.49. The zero-order valence-electron chi connectivity index (χ0n) is 44.8. The number of halogens is 1. The van der Waals surface area contributed by atoms with Crippen LogP contribution in [0.4, 0.5) is 20.1 Å². The van der Waals surface area contributed by atoms with E-state index in [0.29, 0.717) is 34.7 Å². The molecule has 1 aromatic carbocycles. The van der Waals surface area contributed by atoms with Crippen molar-refractivity contribution in [3.05, 3.63) is 58.7 Å². The van der Waals surface area contributed by atoms with Gasteiger partial charge < -0.3 is 67.9 Å². The van der Waals surface area contributed by atoms with Crippen molar-refractivity contribution in [2.24, 2.45) is 5.92 Å². The van der Waals surface area contributed by atoms with Crippen molar-refractivity contribution < 1.29 is 91.0 Å². The number of epoxide rings is 1. The molecule has 5 aliphatic heterocycles. The van der Waals surface area contributed by atoms with Crippen molar-refractivity contribution in [1.82, 2.24) is 25.5 Å². The normalized spacial score (nSPS) is 28.8. The molecule has 0 aliphatic carbocycles. The fourth-order valence-corrected chi connectivity index (χ4v) is 10.0. The first-order valence-electron chi connectivity index (χ1n) is 25.0. The molecule has 3 fully saturated rings. The number of methoxy groups -OCH3 is 2. The second-order valence-corrected chi connectivity index (χ2v) is 21.0. The maximum Gasteiger partial charge on any atom is 0.410 e. The zero-order chi connectivity index (χ0) is 57.2. The van der Waals surface area contributed by atoms with Crippen LogP contribution < -0.4 is 20.3 Å². The number of allylic oxidation sites excluding steroid dienone is 3. The number of ether oxygens (including phenoxy) is 8. The number of thioether (sulfide) groups is 1. The standard InChI is InChI=1S/C51H67ClN6O19S/c1-28-12-10-14-37(70-9)51(68)24-36(74-47(65)54-51)29(2)44-50(4,76-44)38(23-42(62)57(7)34-21-31(20-28)22-35(69-8)43(34)52)75-45(63)30(3)56(6)39(59)17-19-78-48(66)53-33(46(64)77-58-40(60)15-16-41(58)61)25-55(5)49(67)73-32-13-11-18-71-27-72-26-32/h10-14,21-22,29-30,32-33,36-38,44,68H,15-20,23-27H2,1-9H3,(H,53,66)(H,54,65)/b13-11+,14-10+,28-12+/t29-,30+,32?,33?,36+,37-,38+,44+,50+,51+/m1/s1. The molecule has 2 unspecified atom stereocenters. The van der Waals surface area contributed by atoms with Crippen molar-refractivity contribution in [2.45, 2.75) is 120 Å². The maximum absolute atomic E-state index is 14.4. The smallest absolute Gasteiger partial charge is 0.410 e. The van der Waals surface area contributed by atoms with Crippen LogP contribution in [-0.4, -0.2) is 195 Å². The Morgan fingerprint density at radius 3 is 2.44 bits per heavy atom. The third-order valence-electron chi connectivity index (χ3n) is 13.9. The van der Waals surface area contributed by atoms with Crippen LogP contribution in [0.25, 0.3) is 0 Å². The van der Waals surface area contributed by atoms with Crippen molar-refractivity contribution in [3.63, 3.8) is 0 Å². The van der Waals surface area contributed by atoms with Gasteiger partial charge in [0.25, 0.3) is 17.1 Å². The summed E-state index contributed by atoms with van der Waals surface area (Å²) in [4.78, 5) is 128. The van der Waals surface area contributed by atoms with E-state index in [-0.39, 0.29) is 56.5 Å². The second-order valence-electron chi connectivity index (χ2n) is 19.6. The summed E-state index contributed by atoms with van der Waals surface area (Å²) in [5.41, 5.74) is -1.40. The number of aliphatic hydroxyl groups is 1. The summed E-state index contributed by atoms with van der Waals surface area (Å²) in [6.07, 6.45) is 0.654. The largest absolute Gasteiger partial charge is 0.495 e. The minimum Gasteiger partial charge on any atom is -0.495 e. The third kappa shape index (κ3) is 15.1. The molecule has 3 N–H and O–H groups in total. The van der Waals surface area contributed by atoms with Crippen LogP contribution in [0.15, 0.2) is 48.1 Å². The predicted octanol–water partition coefficient (Wildman–Crippen LogP) is 3.32. The molecule has 6 rings (SSSR count). The Morgan fingerprint density at radius 2 is 1.74 bits per heavy atom. The molecule has 428 valence electrons. The number of hydroxylamine groups is 2. The quantitative estimate of drug-likeness (QED) is 0.0791. The van der Waals surface area contributed by atoms with Crippen LogP contribution in [0.5, 0.6) is 5.75 Å². The molecular weight excluding hydrogens is 1070 g/mol. The first kappa shape index (κ1) is 60.9. The van der Waals surface area contributed by atoms with Crippen molar-refractivity contribution >= 4 is 82.0 Å².